The Kier molecular flexibility index (Phi) is 5.23. The second-order valence-corrected chi connectivity index (χ2v) is 4.51. The van der Waals surface area contributed by atoms with Crippen molar-refractivity contribution < 1.29 is 19.1 Å². The molecule has 5 heteroatoms. The van der Waals surface area contributed by atoms with Crippen LogP contribution in [0.2, 0.25) is 0 Å². The SMILES string of the molecule is CC(C)CNC(=O)c1ccc(/C=C/C(=O)O)cc1F. The molecule has 0 heterocycles. The van der Waals surface area contributed by atoms with E-state index in [1.165, 1.54) is 18.2 Å². The Labute approximate surface area is 110 Å². The number of carbonyl (C=O) groups is 2. The van der Waals surface area contributed by atoms with Crippen LogP contribution in [0.5, 0.6) is 0 Å². The third-order valence-corrected chi connectivity index (χ3v) is 2.33. The average molecular weight is 265 g/mol. The molecule has 0 unspecified atom stereocenters. The first-order valence-electron chi connectivity index (χ1n) is 5.89. The van der Waals surface area contributed by atoms with Gasteiger partial charge in [-0.15, -0.1) is 0 Å². The number of hydrogen-bond acceptors (Lipinski definition) is 2. The molecule has 1 aromatic carbocycles. The monoisotopic (exact) mass is 265 g/mol. The minimum atomic E-state index is -1.11. The van der Waals surface area contributed by atoms with Gasteiger partial charge in [0.2, 0.25) is 0 Å². The summed E-state index contributed by atoms with van der Waals surface area (Å²) in [6.07, 6.45) is 2.18. The summed E-state index contributed by atoms with van der Waals surface area (Å²) in [4.78, 5) is 22.0. The molecule has 0 atom stereocenters. The van der Waals surface area contributed by atoms with Crippen LogP contribution in [0.1, 0.15) is 29.8 Å². The zero-order chi connectivity index (χ0) is 14.4. The summed E-state index contributed by atoms with van der Waals surface area (Å²) in [5.41, 5.74) is 0.341. The van der Waals surface area contributed by atoms with E-state index >= 15 is 0 Å². The van der Waals surface area contributed by atoms with E-state index in [0.29, 0.717) is 12.1 Å². The number of halogens is 1. The van der Waals surface area contributed by atoms with Crippen molar-refractivity contribution in [1.29, 1.82) is 0 Å². The molecule has 0 bridgehead atoms. The second-order valence-electron chi connectivity index (χ2n) is 4.51. The molecule has 0 radical (unpaired) electrons. The van der Waals surface area contributed by atoms with Crippen molar-refractivity contribution in [2.45, 2.75) is 13.8 Å². The summed E-state index contributed by atoms with van der Waals surface area (Å²) in [5, 5.41) is 11.1. The molecule has 19 heavy (non-hydrogen) atoms. The van der Waals surface area contributed by atoms with Crippen LogP contribution in [0.3, 0.4) is 0 Å². The van der Waals surface area contributed by atoms with Crippen molar-refractivity contribution in [1.82, 2.24) is 5.32 Å². The van der Waals surface area contributed by atoms with Crippen molar-refractivity contribution >= 4 is 18.0 Å². The van der Waals surface area contributed by atoms with Gasteiger partial charge < -0.3 is 10.4 Å². The predicted octanol–water partition coefficient (Wildman–Crippen LogP) is 2.31. The summed E-state index contributed by atoms with van der Waals surface area (Å²) in [6.45, 7) is 4.35. The largest absolute Gasteiger partial charge is 0.478 e. The van der Waals surface area contributed by atoms with Gasteiger partial charge in [-0.1, -0.05) is 19.9 Å². The summed E-state index contributed by atoms with van der Waals surface area (Å²) in [7, 11) is 0. The molecule has 2 N–H and O–H groups in total. The first kappa shape index (κ1) is 14.9. The van der Waals surface area contributed by atoms with Crippen LogP contribution in [0.25, 0.3) is 6.08 Å². The summed E-state index contributed by atoms with van der Waals surface area (Å²) < 4.78 is 13.7. The predicted molar refractivity (Wildman–Crippen MR) is 70.2 cm³/mol. The molecule has 0 spiro atoms. The third kappa shape index (κ3) is 4.91. The van der Waals surface area contributed by atoms with Gasteiger partial charge in [0.25, 0.3) is 5.91 Å². The Morgan fingerprint density at radius 2 is 2.11 bits per heavy atom. The van der Waals surface area contributed by atoms with Crippen molar-refractivity contribution in [2.75, 3.05) is 6.54 Å². The zero-order valence-corrected chi connectivity index (χ0v) is 10.8. The van der Waals surface area contributed by atoms with Crippen LogP contribution in [-0.4, -0.2) is 23.5 Å². The van der Waals surface area contributed by atoms with Gasteiger partial charge in [-0.25, -0.2) is 9.18 Å². The van der Waals surface area contributed by atoms with Crippen LogP contribution in [0, 0.1) is 11.7 Å². The lowest BCUT2D eigenvalue weighted by Gasteiger charge is -2.08. The van der Waals surface area contributed by atoms with Gasteiger partial charge in [0.15, 0.2) is 0 Å². The van der Waals surface area contributed by atoms with Crippen LogP contribution in [0.15, 0.2) is 24.3 Å². The lowest BCUT2D eigenvalue weighted by molar-refractivity contribution is -0.131. The van der Waals surface area contributed by atoms with E-state index in [0.717, 1.165) is 12.1 Å². The molecule has 0 saturated heterocycles. The minimum absolute atomic E-state index is 0.0480. The highest BCUT2D eigenvalue weighted by atomic mass is 19.1. The number of carboxylic acids is 1. The number of amides is 1. The second kappa shape index (κ2) is 6.68. The lowest BCUT2D eigenvalue weighted by atomic mass is 10.1. The van der Waals surface area contributed by atoms with E-state index in [4.69, 9.17) is 5.11 Å². The summed E-state index contributed by atoms with van der Waals surface area (Å²) in [6, 6.07) is 3.96. The van der Waals surface area contributed by atoms with Gasteiger partial charge >= 0.3 is 5.97 Å². The van der Waals surface area contributed by atoms with Crippen LogP contribution < -0.4 is 5.32 Å². The lowest BCUT2D eigenvalue weighted by Crippen LogP contribution is -2.28. The highest BCUT2D eigenvalue weighted by Gasteiger charge is 2.11. The molecule has 1 amide bonds. The number of rotatable bonds is 5. The van der Waals surface area contributed by atoms with Gasteiger partial charge in [0, 0.05) is 12.6 Å². The molecule has 0 fully saturated rings. The number of carbonyl (C=O) groups excluding carboxylic acids is 1. The molecule has 0 aromatic heterocycles. The maximum absolute atomic E-state index is 13.7. The Hall–Kier alpha value is -2.17. The van der Waals surface area contributed by atoms with Gasteiger partial charge in [-0.2, -0.15) is 0 Å². The number of nitrogens with one attached hydrogen (secondary N) is 1. The van der Waals surface area contributed by atoms with Crippen molar-refractivity contribution in [2.24, 2.45) is 5.92 Å². The molecule has 0 saturated carbocycles. The molecule has 1 aromatic rings. The zero-order valence-electron chi connectivity index (χ0n) is 10.8. The molecule has 1 rings (SSSR count). The van der Waals surface area contributed by atoms with E-state index < -0.39 is 17.7 Å². The molecular formula is C14H16FNO3. The quantitative estimate of drug-likeness (QED) is 0.803. The molecule has 0 aliphatic rings. The Morgan fingerprint density at radius 1 is 1.42 bits per heavy atom. The molecule has 0 aliphatic carbocycles. The normalized spacial score (nSPS) is 10.9. The van der Waals surface area contributed by atoms with Gasteiger partial charge in [0.1, 0.15) is 5.82 Å². The Balaban J connectivity index is 2.82. The van der Waals surface area contributed by atoms with E-state index in [1.807, 2.05) is 13.8 Å². The third-order valence-electron chi connectivity index (χ3n) is 2.33. The van der Waals surface area contributed by atoms with E-state index in [9.17, 15) is 14.0 Å². The highest BCUT2D eigenvalue weighted by molar-refractivity contribution is 5.94. The van der Waals surface area contributed by atoms with Gasteiger partial charge in [0.05, 0.1) is 5.56 Å². The van der Waals surface area contributed by atoms with Crippen molar-refractivity contribution in [3.63, 3.8) is 0 Å². The fourth-order valence-electron chi connectivity index (χ4n) is 1.38. The van der Waals surface area contributed by atoms with Crippen molar-refractivity contribution in [3.05, 3.63) is 41.2 Å². The van der Waals surface area contributed by atoms with E-state index in [1.54, 1.807) is 0 Å². The first-order valence-corrected chi connectivity index (χ1v) is 5.89. The van der Waals surface area contributed by atoms with Crippen LogP contribution in [0.4, 0.5) is 4.39 Å². The molecule has 0 aliphatic heterocycles. The molecular weight excluding hydrogens is 249 g/mol. The maximum atomic E-state index is 13.7. The topological polar surface area (TPSA) is 66.4 Å². The number of carboxylic acid groups (broad SMARTS) is 1. The molecule has 102 valence electrons. The highest BCUT2D eigenvalue weighted by Crippen LogP contribution is 2.12. The minimum Gasteiger partial charge on any atom is -0.478 e. The molecule has 4 nitrogen and oxygen atoms in total. The number of aliphatic carboxylic acids is 1. The number of hydrogen-bond donors (Lipinski definition) is 2. The smallest absolute Gasteiger partial charge is 0.328 e. The average Bonchev–Trinajstić information content (AvgIpc) is 2.33. The first-order chi connectivity index (χ1) is 8.90. The van der Waals surface area contributed by atoms with Gasteiger partial charge in [-0.3, -0.25) is 4.79 Å². The summed E-state index contributed by atoms with van der Waals surface area (Å²) >= 11 is 0. The fraction of sp³-hybridized carbons (Fsp3) is 0.286. The van der Waals surface area contributed by atoms with Crippen LogP contribution >= 0.6 is 0 Å². The Bertz CT molecular complexity index is 509. The van der Waals surface area contributed by atoms with Gasteiger partial charge in [-0.05, 0) is 29.7 Å². The standard InChI is InChI=1S/C14H16FNO3/c1-9(2)8-16-14(19)11-5-3-10(7-12(11)15)4-6-13(17)18/h3-7,9H,8H2,1-2H3,(H,16,19)(H,17,18)/b6-4+. The fourth-order valence-corrected chi connectivity index (χ4v) is 1.38. The summed E-state index contributed by atoms with van der Waals surface area (Å²) in [5.74, 6) is -1.97. The number of benzene rings is 1. The van der Waals surface area contributed by atoms with Crippen LogP contribution in [-0.2, 0) is 4.79 Å². The maximum Gasteiger partial charge on any atom is 0.328 e. The Morgan fingerprint density at radius 3 is 2.63 bits per heavy atom. The van der Waals surface area contributed by atoms with E-state index in [-0.39, 0.29) is 11.5 Å². The van der Waals surface area contributed by atoms with E-state index in [2.05, 4.69) is 5.32 Å². The van der Waals surface area contributed by atoms with Crippen molar-refractivity contribution in [3.8, 4) is 0 Å².